The first-order valence-corrected chi connectivity index (χ1v) is 9.99. The second-order valence-electron chi connectivity index (χ2n) is 7.45. The highest BCUT2D eigenvalue weighted by atomic mass is 19.1. The Morgan fingerprint density at radius 2 is 2.07 bits per heavy atom. The molecule has 0 aliphatic carbocycles. The van der Waals surface area contributed by atoms with Gasteiger partial charge in [0.15, 0.2) is 11.6 Å². The number of urea groups is 1. The molecule has 2 aromatic rings. The summed E-state index contributed by atoms with van der Waals surface area (Å²) in [6, 6.07) is 6.39. The quantitative estimate of drug-likeness (QED) is 0.734. The number of rotatable bonds is 7. The Hall–Kier alpha value is -2.57. The number of para-hydroxylation sites is 1. The fraction of sp³-hybridized carbons (Fsp3) is 0.524. The molecular weight excluding hydrogens is 359 g/mol. The van der Waals surface area contributed by atoms with Crippen molar-refractivity contribution >= 4 is 6.03 Å². The molecule has 0 radical (unpaired) electrons. The lowest BCUT2D eigenvalue weighted by Gasteiger charge is -2.32. The lowest BCUT2D eigenvalue weighted by molar-refractivity contribution is 0.107. The number of amides is 2. The minimum Gasteiger partial charge on any atom is -0.487 e. The standard InChI is InChI=1S/C21H29FN4O2/c1-16(2)20-23-11-15-25(20)12-5-10-24-21(27)26-13-8-17(9-14-26)28-19-7-4-3-6-18(19)22/h3-4,6-7,11,15-17H,5,8-10,12-14H2,1-2H3,(H,24,27). The number of halogens is 1. The van der Waals surface area contributed by atoms with E-state index in [-0.39, 0.29) is 23.7 Å². The number of likely N-dealkylation sites (tertiary alicyclic amines) is 1. The predicted octanol–water partition coefficient (Wildman–Crippen LogP) is 3.79. The van der Waals surface area contributed by atoms with Gasteiger partial charge in [-0.25, -0.2) is 14.2 Å². The molecule has 2 heterocycles. The van der Waals surface area contributed by atoms with Crippen molar-refractivity contribution in [1.82, 2.24) is 19.8 Å². The number of carbonyl (C=O) groups is 1. The monoisotopic (exact) mass is 388 g/mol. The number of nitrogens with zero attached hydrogens (tertiary/aromatic N) is 3. The zero-order valence-corrected chi connectivity index (χ0v) is 16.6. The summed E-state index contributed by atoms with van der Waals surface area (Å²) in [6.45, 7) is 6.95. The Morgan fingerprint density at radius 1 is 1.32 bits per heavy atom. The molecule has 2 amide bonds. The highest BCUT2D eigenvalue weighted by molar-refractivity contribution is 5.74. The van der Waals surface area contributed by atoms with Crippen LogP contribution < -0.4 is 10.1 Å². The molecule has 1 aromatic heterocycles. The number of imidazole rings is 1. The molecule has 1 saturated heterocycles. The molecule has 1 aromatic carbocycles. The first kappa shape index (κ1) is 20.2. The first-order chi connectivity index (χ1) is 13.5. The highest BCUT2D eigenvalue weighted by Gasteiger charge is 2.24. The van der Waals surface area contributed by atoms with Gasteiger partial charge in [-0.2, -0.15) is 0 Å². The van der Waals surface area contributed by atoms with Crippen molar-refractivity contribution in [2.75, 3.05) is 19.6 Å². The summed E-state index contributed by atoms with van der Waals surface area (Å²) >= 11 is 0. The Kier molecular flexibility index (Phi) is 6.90. The van der Waals surface area contributed by atoms with E-state index in [4.69, 9.17) is 4.74 Å². The third-order valence-electron chi connectivity index (χ3n) is 4.98. The van der Waals surface area contributed by atoms with Crippen molar-refractivity contribution in [3.63, 3.8) is 0 Å². The number of aryl methyl sites for hydroxylation is 1. The van der Waals surface area contributed by atoms with Crippen LogP contribution in [0, 0.1) is 5.82 Å². The van der Waals surface area contributed by atoms with Crippen molar-refractivity contribution in [3.8, 4) is 5.75 Å². The molecule has 152 valence electrons. The molecule has 0 saturated carbocycles. The molecule has 0 atom stereocenters. The van der Waals surface area contributed by atoms with Gasteiger partial charge in [-0.3, -0.25) is 0 Å². The highest BCUT2D eigenvalue weighted by Crippen LogP contribution is 2.21. The zero-order chi connectivity index (χ0) is 19.9. The lowest BCUT2D eigenvalue weighted by Crippen LogP contribution is -2.46. The molecule has 0 spiro atoms. The maximum Gasteiger partial charge on any atom is 0.317 e. The summed E-state index contributed by atoms with van der Waals surface area (Å²) in [4.78, 5) is 18.5. The molecule has 28 heavy (non-hydrogen) atoms. The molecule has 1 aliphatic heterocycles. The van der Waals surface area contributed by atoms with Gasteiger partial charge in [0.05, 0.1) is 0 Å². The van der Waals surface area contributed by atoms with Crippen LogP contribution in [-0.4, -0.2) is 46.2 Å². The van der Waals surface area contributed by atoms with Crippen LogP contribution in [0.25, 0.3) is 0 Å². The van der Waals surface area contributed by atoms with Gasteiger partial charge in [-0.05, 0) is 18.6 Å². The van der Waals surface area contributed by atoms with Crippen LogP contribution in [0.2, 0.25) is 0 Å². The van der Waals surface area contributed by atoms with Gasteiger partial charge in [0.2, 0.25) is 0 Å². The Morgan fingerprint density at radius 3 is 2.79 bits per heavy atom. The third-order valence-corrected chi connectivity index (χ3v) is 4.98. The Bertz CT molecular complexity index is 769. The van der Waals surface area contributed by atoms with E-state index in [0.717, 1.165) is 18.8 Å². The van der Waals surface area contributed by atoms with E-state index in [2.05, 4.69) is 28.7 Å². The van der Waals surface area contributed by atoms with Crippen LogP contribution in [0.5, 0.6) is 5.75 Å². The topological polar surface area (TPSA) is 59.4 Å². The average molecular weight is 388 g/mol. The molecule has 1 N–H and O–H groups in total. The van der Waals surface area contributed by atoms with E-state index in [1.807, 2.05) is 12.4 Å². The number of carbonyl (C=O) groups excluding carboxylic acids is 1. The van der Waals surface area contributed by atoms with Gasteiger partial charge in [-0.1, -0.05) is 26.0 Å². The van der Waals surface area contributed by atoms with E-state index in [0.29, 0.717) is 38.4 Å². The summed E-state index contributed by atoms with van der Waals surface area (Å²) in [5, 5.41) is 2.99. The molecular formula is C21H29FN4O2. The van der Waals surface area contributed by atoms with Gasteiger partial charge < -0.3 is 19.5 Å². The van der Waals surface area contributed by atoms with Gasteiger partial charge in [-0.15, -0.1) is 0 Å². The number of aromatic nitrogens is 2. The average Bonchev–Trinajstić information content (AvgIpc) is 3.16. The van der Waals surface area contributed by atoms with E-state index in [9.17, 15) is 9.18 Å². The van der Waals surface area contributed by atoms with Crippen molar-refractivity contribution in [2.24, 2.45) is 0 Å². The van der Waals surface area contributed by atoms with E-state index < -0.39 is 0 Å². The summed E-state index contributed by atoms with van der Waals surface area (Å²) in [5.74, 6) is 1.40. The molecule has 1 fully saturated rings. The van der Waals surface area contributed by atoms with Crippen LogP contribution in [0.3, 0.4) is 0 Å². The maximum atomic E-state index is 13.7. The predicted molar refractivity (Wildman–Crippen MR) is 106 cm³/mol. The minimum atomic E-state index is -0.346. The SMILES string of the molecule is CC(C)c1nccn1CCCNC(=O)N1CCC(Oc2ccccc2F)CC1. The number of benzene rings is 1. The van der Waals surface area contributed by atoms with Gasteiger partial charge in [0, 0.05) is 57.3 Å². The molecule has 6 nitrogen and oxygen atoms in total. The van der Waals surface area contributed by atoms with Crippen molar-refractivity contribution in [3.05, 3.63) is 48.3 Å². The van der Waals surface area contributed by atoms with Crippen LogP contribution in [-0.2, 0) is 6.54 Å². The second kappa shape index (κ2) is 9.57. The van der Waals surface area contributed by atoms with E-state index >= 15 is 0 Å². The zero-order valence-electron chi connectivity index (χ0n) is 16.6. The maximum absolute atomic E-state index is 13.7. The second-order valence-corrected chi connectivity index (χ2v) is 7.45. The van der Waals surface area contributed by atoms with E-state index in [1.165, 1.54) is 6.07 Å². The van der Waals surface area contributed by atoms with Crippen molar-refractivity contribution < 1.29 is 13.9 Å². The number of piperidine rings is 1. The summed E-state index contributed by atoms with van der Waals surface area (Å²) < 4.78 is 21.6. The Balaban J connectivity index is 1.36. The van der Waals surface area contributed by atoms with Crippen LogP contribution in [0.4, 0.5) is 9.18 Å². The van der Waals surface area contributed by atoms with Crippen LogP contribution >= 0.6 is 0 Å². The molecule has 7 heteroatoms. The fourth-order valence-corrected chi connectivity index (χ4v) is 3.46. The smallest absolute Gasteiger partial charge is 0.317 e. The first-order valence-electron chi connectivity index (χ1n) is 9.99. The number of hydrogen-bond acceptors (Lipinski definition) is 3. The third kappa shape index (κ3) is 5.24. The summed E-state index contributed by atoms with van der Waals surface area (Å²) in [7, 11) is 0. The molecule has 1 aliphatic rings. The molecule has 3 rings (SSSR count). The van der Waals surface area contributed by atoms with Gasteiger partial charge in [0.25, 0.3) is 0 Å². The largest absolute Gasteiger partial charge is 0.487 e. The fourth-order valence-electron chi connectivity index (χ4n) is 3.46. The lowest BCUT2D eigenvalue weighted by atomic mass is 10.1. The van der Waals surface area contributed by atoms with E-state index in [1.54, 1.807) is 23.1 Å². The van der Waals surface area contributed by atoms with Crippen molar-refractivity contribution in [1.29, 1.82) is 0 Å². The van der Waals surface area contributed by atoms with Gasteiger partial charge >= 0.3 is 6.03 Å². The number of nitrogens with one attached hydrogen (secondary N) is 1. The normalized spacial score (nSPS) is 15.1. The molecule has 0 unspecified atom stereocenters. The van der Waals surface area contributed by atoms with Crippen molar-refractivity contribution in [2.45, 2.75) is 51.7 Å². The van der Waals surface area contributed by atoms with Gasteiger partial charge in [0.1, 0.15) is 11.9 Å². The molecule has 0 bridgehead atoms. The van der Waals surface area contributed by atoms with Crippen LogP contribution in [0.15, 0.2) is 36.7 Å². The summed E-state index contributed by atoms with van der Waals surface area (Å²) in [6.07, 6.45) is 6.01. The Labute approximate surface area is 165 Å². The number of ether oxygens (including phenoxy) is 1. The summed E-state index contributed by atoms with van der Waals surface area (Å²) in [5.41, 5.74) is 0. The minimum absolute atomic E-state index is 0.0425. The van der Waals surface area contributed by atoms with Crippen LogP contribution in [0.1, 0.15) is 44.9 Å². The number of hydrogen-bond donors (Lipinski definition) is 1.